The highest BCUT2D eigenvalue weighted by molar-refractivity contribution is 6.32. The molecule has 4 aliphatic heterocycles. The summed E-state index contributed by atoms with van der Waals surface area (Å²) in [6.45, 7) is 1.99. The van der Waals surface area contributed by atoms with Gasteiger partial charge >= 0.3 is 0 Å². The number of likely N-dealkylation sites (N-methyl/N-ethyl adjacent to an activating group) is 1. The van der Waals surface area contributed by atoms with Crippen LogP contribution < -0.4 is 20.7 Å². The van der Waals surface area contributed by atoms with Crippen molar-refractivity contribution >= 4 is 40.6 Å². The van der Waals surface area contributed by atoms with Crippen LogP contribution in [0.1, 0.15) is 12.0 Å². The van der Waals surface area contributed by atoms with Gasteiger partial charge in [0, 0.05) is 30.7 Å². The Morgan fingerprint density at radius 2 is 1.84 bits per heavy atom. The van der Waals surface area contributed by atoms with Crippen LogP contribution in [0, 0.1) is 0 Å². The number of ether oxygens (including phenoxy) is 1. The molecule has 3 N–H and O–H groups in total. The molecule has 4 aliphatic rings. The monoisotopic (exact) mass is 452 g/mol. The van der Waals surface area contributed by atoms with Crippen molar-refractivity contribution in [3.05, 3.63) is 65.3 Å². The molecule has 2 aromatic carbocycles. The van der Waals surface area contributed by atoms with Crippen molar-refractivity contribution in [2.75, 3.05) is 37.4 Å². The topological polar surface area (TPSA) is 91.4 Å². The number of rotatable bonds is 0. The average Bonchev–Trinajstić information content (AvgIpc) is 2.76. The van der Waals surface area contributed by atoms with Crippen molar-refractivity contribution in [3.63, 3.8) is 0 Å². The Labute approximate surface area is 192 Å². The molecule has 32 heavy (non-hydrogen) atoms. The quantitative estimate of drug-likeness (QED) is 0.475. The number of nitrogens with zero attached hydrogens (tertiary/aromatic N) is 3. The zero-order chi connectivity index (χ0) is 22.3. The summed E-state index contributed by atoms with van der Waals surface area (Å²) >= 11 is 6.37. The molecule has 3 aromatic rings. The highest BCUT2D eigenvalue weighted by Crippen LogP contribution is 2.29. The minimum absolute atomic E-state index is 0.0130. The number of nitrogens with one attached hydrogen (secondary N) is 3. The fourth-order valence-electron chi connectivity index (χ4n) is 3.31. The van der Waals surface area contributed by atoms with Gasteiger partial charge in [0.1, 0.15) is 11.6 Å². The number of benzene rings is 2. The van der Waals surface area contributed by atoms with Crippen molar-refractivity contribution in [2.45, 2.75) is 13.0 Å². The van der Waals surface area contributed by atoms with Crippen LogP contribution in [-0.4, -0.2) is 47.5 Å². The van der Waals surface area contributed by atoms with Crippen molar-refractivity contribution in [2.24, 2.45) is 0 Å². The van der Waals surface area contributed by atoms with Crippen molar-refractivity contribution in [3.8, 4) is 5.75 Å². The molecule has 1 aromatic heterocycles. The van der Waals surface area contributed by atoms with Crippen LogP contribution in [0.4, 0.5) is 23.1 Å². The second-order valence-corrected chi connectivity index (χ2v) is 7.99. The lowest BCUT2D eigenvalue weighted by Gasteiger charge is -2.17. The van der Waals surface area contributed by atoms with E-state index in [-0.39, 0.29) is 5.91 Å². The van der Waals surface area contributed by atoms with Crippen LogP contribution in [0.15, 0.2) is 54.7 Å². The van der Waals surface area contributed by atoms with Gasteiger partial charge in [0.05, 0.1) is 18.2 Å². The van der Waals surface area contributed by atoms with E-state index in [0.717, 1.165) is 16.9 Å². The minimum Gasteiger partial charge on any atom is -0.492 e. The first-order valence-corrected chi connectivity index (χ1v) is 10.8. The molecule has 6 bridgehead atoms. The Balaban J connectivity index is 1.55. The van der Waals surface area contributed by atoms with E-state index in [2.05, 4.69) is 25.9 Å². The lowest BCUT2D eigenvalue weighted by molar-refractivity contribution is -0.122. The molecule has 1 amide bonds. The molecule has 0 unspecified atom stereocenters. The molecular weight excluding hydrogens is 428 g/mol. The second kappa shape index (κ2) is 10.3. The highest BCUT2D eigenvalue weighted by Gasteiger charge is 2.09. The third kappa shape index (κ3) is 6.09. The second-order valence-electron chi connectivity index (χ2n) is 7.58. The summed E-state index contributed by atoms with van der Waals surface area (Å²) in [6.07, 6.45) is 2.37. The molecule has 166 valence electrons. The number of carbonyl (C=O) groups is 1. The van der Waals surface area contributed by atoms with Crippen molar-refractivity contribution in [1.29, 1.82) is 0 Å². The summed E-state index contributed by atoms with van der Waals surface area (Å²) < 4.78 is 5.75. The molecule has 0 spiro atoms. The molecule has 0 atom stereocenters. The Morgan fingerprint density at radius 1 is 1.03 bits per heavy atom. The fraction of sp³-hybridized carbons (Fsp3) is 0.261. The summed E-state index contributed by atoms with van der Waals surface area (Å²) in [4.78, 5) is 23.0. The van der Waals surface area contributed by atoms with E-state index in [0.29, 0.717) is 55.2 Å². The highest BCUT2D eigenvalue weighted by atomic mass is 35.5. The Hall–Kier alpha value is -3.36. The third-order valence-corrected chi connectivity index (χ3v) is 5.13. The lowest BCUT2D eigenvalue weighted by atomic mass is 10.2. The average molecular weight is 453 g/mol. The van der Waals surface area contributed by atoms with Crippen LogP contribution in [0.3, 0.4) is 0 Å². The number of anilines is 4. The van der Waals surface area contributed by atoms with E-state index in [1.165, 1.54) is 0 Å². The van der Waals surface area contributed by atoms with Gasteiger partial charge in [-0.15, -0.1) is 0 Å². The fourth-order valence-corrected chi connectivity index (χ4v) is 3.54. The Morgan fingerprint density at radius 3 is 2.66 bits per heavy atom. The van der Waals surface area contributed by atoms with E-state index >= 15 is 0 Å². The zero-order valence-corrected chi connectivity index (χ0v) is 18.5. The zero-order valence-electron chi connectivity index (χ0n) is 17.8. The third-order valence-electron chi connectivity index (χ3n) is 4.84. The van der Waals surface area contributed by atoms with Gasteiger partial charge in [0.25, 0.3) is 0 Å². The first kappa shape index (κ1) is 21.9. The summed E-state index contributed by atoms with van der Waals surface area (Å²) in [7, 11) is 1.93. The predicted molar refractivity (Wildman–Crippen MR) is 126 cm³/mol. The normalized spacial score (nSPS) is 15.5. The Kier molecular flexibility index (Phi) is 7.03. The number of amides is 1. The molecular formula is C23H25ClN6O2. The van der Waals surface area contributed by atoms with E-state index < -0.39 is 0 Å². The van der Waals surface area contributed by atoms with Gasteiger partial charge in [0.15, 0.2) is 0 Å². The molecule has 8 nitrogen and oxygen atoms in total. The van der Waals surface area contributed by atoms with E-state index in [1.807, 2.05) is 42.3 Å². The maximum absolute atomic E-state index is 12.2. The number of hydrogen-bond acceptors (Lipinski definition) is 7. The SMILES string of the molecule is CN1CC(=O)NCCCOc2ccc(cc2Cl)Nc2nccc(n2)Nc2ccc(cc2)C1. The summed E-state index contributed by atoms with van der Waals surface area (Å²) in [5.74, 6) is 1.69. The van der Waals surface area contributed by atoms with Gasteiger partial charge in [-0.25, -0.2) is 4.98 Å². The van der Waals surface area contributed by atoms with Crippen LogP contribution >= 0.6 is 11.6 Å². The van der Waals surface area contributed by atoms with Gasteiger partial charge in [-0.3, -0.25) is 9.69 Å². The van der Waals surface area contributed by atoms with E-state index in [4.69, 9.17) is 16.3 Å². The summed E-state index contributed by atoms with van der Waals surface area (Å²) in [5, 5.41) is 9.86. The first-order valence-electron chi connectivity index (χ1n) is 10.4. The van der Waals surface area contributed by atoms with Gasteiger partial charge in [-0.05, 0) is 55.4 Å². The number of halogens is 1. The maximum atomic E-state index is 12.2. The minimum atomic E-state index is -0.0130. The summed E-state index contributed by atoms with van der Waals surface area (Å²) in [6, 6.07) is 15.3. The maximum Gasteiger partial charge on any atom is 0.234 e. The molecule has 9 heteroatoms. The molecule has 0 saturated heterocycles. The van der Waals surface area contributed by atoms with Crippen LogP contribution in [0.2, 0.25) is 5.02 Å². The largest absolute Gasteiger partial charge is 0.492 e. The molecule has 0 radical (unpaired) electrons. The smallest absolute Gasteiger partial charge is 0.234 e. The van der Waals surface area contributed by atoms with Gasteiger partial charge < -0.3 is 20.7 Å². The number of aromatic nitrogens is 2. The standard InChI is InChI=1S/C23H25ClN6O2/c1-30-14-16-3-5-17(6-4-16)27-21-9-11-26-23(29-21)28-18-7-8-20(19(24)13-18)32-12-2-10-25-22(31)15-30/h3-9,11,13H,2,10,12,14-15H2,1H3,(H,25,31)(H2,26,27,28,29). The summed E-state index contributed by atoms with van der Waals surface area (Å²) in [5.41, 5.74) is 2.78. The molecule has 7 rings (SSSR count). The van der Waals surface area contributed by atoms with E-state index in [9.17, 15) is 4.79 Å². The number of carbonyl (C=O) groups excluding carboxylic acids is 1. The van der Waals surface area contributed by atoms with Crippen LogP contribution in [-0.2, 0) is 11.3 Å². The molecule has 5 heterocycles. The van der Waals surface area contributed by atoms with Gasteiger partial charge in [-0.2, -0.15) is 4.98 Å². The molecule has 0 fully saturated rings. The van der Waals surface area contributed by atoms with Gasteiger partial charge in [0.2, 0.25) is 11.9 Å². The van der Waals surface area contributed by atoms with Crippen LogP contribution in [0.5, 0.6) is 5.75 Å². The van der Waals surface area contributed by atoms with Gasteiger partial charge in [-0.1, -0.05) is 23.7 Å². The van der Waals surface area contributed by atoms with Crippen molar-refractivity contribution in [1.82, 2.24) is 20.2 Å². The molecule has 0 aliphatic carbocycles. The van der Waals surface area contributed by atoms with E-state index in [1.54, 1.807) is 24.4 Å². The number of hydrogen-bond donors (Lipinski definition) is 3. The van der Waals surface area contributed by atoms with Crippen LogP contribution in [0.25, 0.3) is 0 Å². The van der Waals surface area contributed by atoms with Crippen molar-refractivity contribution < 1.29 is 9.53 Å². The Bertz CT molecular complexity index is 1080. The lowest BCUT2D eigenvalue weighted by Crippen LogP contribution is -2.35. The predicted octanol–water partition coefficient (Wildman–Crippen LogP) is 3.95. The molecule has 0 saturated carbocycles. The first-order chi connectivity index (χ1) is 15.5.